The lowest BCUT2D eigenvalue weighted by Gasteiger charge is -2.34. The molecule has 4 nitrogen and oxygen atoms in total. The van der Waals surface area contributed by atoms with E-state index in [2.05, 4.69) is 9.97 Å². The summed E-state index contributed by atoms with van der Waals surface area (Å²) in [5.74, 6) is 0.454. The van der Waals surface area contributed by atoms with E-state index in [0.717, 1.165) is 29.8 Å². The minimum absolute atomic E-state index is 0.0318. The molecule has 1 saturated heterocycles. The van der Waals surface area contributed by atoms with Crippen LogP contribution in [0.15, 0.2) is 30.3 Å². The minimum atomic E-state index is -0.478. The van der Waals surface area contributed by atoms with Crippen LogP contribution in [0.1, 0.15) is 42.5 Å². The number of aromatic nitrogens is 2. The van der Waals surface area contributed by atoms with Gasteiger partial charge in [0.05, 0.1) is 12.0 Å². The lowest BCUT2D eigenvalue weighted by Crippen LogP contribution is -2.45. The van der Waals surface area contributed by atoms with Crippen molar-refractivity contribution in [1.82, 2.24) is 14.9 Å². The minimum Gasteiger partial charge on any atom is -0.330 e. The summed E-state index contributed by atoms with van der Waals surface area (Å²) in [7, 11) is 0. The Morgan fingerprint density at radius 3 is 2.46 bits per heavy atom. The lowest BCUT2D eigenvalue weighted by molar-refractivity contribution is -0.134. The van der Waals surface area contributed by atoms with Crippen molar-refractivity contribution in [2.24, 2.45) is 0 Å². The summed E-state index contributed by atoms with van der Waals surface area (Å²) in [5, 5.41) is 0. The number of nitrogens with zero attached hydrogens (tertiary/aromatic N) is 3. The van der Waals surface area contributed by atoms with E-state index in [1.165, 1.54) is 12.1 Å². The van der Waals surface area contributed by atoms with E-state index in [-0.39, 0.29) is 18.1 Å². The van der Waals surface area contributed by atoms with Gasteiger partial charge in [0.15, 0.2) is 5.82 Å². The highest BCUT2D eigenvalue weighted by molar-refractivity contribution is 5.80. The number of aryl methyl sites for hydroxylation is 2. The zero-order valence-electron chi connectivity index (χ0n) is 14.3. The molecule has 0 saturated carbocycles. The van der Waals surface area contributed by atoms with Crippen molar-refractivity contribution in [1.29, 1.82) is 0 Å². The van der Waals surface area contributed by atoms with Gasteiger partial charge in [-0.1, -0.05) is 12.1 Å². The van der Waals surface area contributed by atoms with Crippen molar-refractivity contribution in [3.63, 3.8) is 0 Å². The normalized spacial score (nSPS) is 20.4. The molecular weight excluding hydrogens is 305 g/mol. The van der Waals surface area contributed by atoms with Crippen molar-refractivity contribution >= 4 is 5.91 Å². The van der Waals surface area contributed by atoms with Crippen LogP contribution in [0.5, 0.6) is 0 Å². The van der Waals surface area contributed by atoms with Gasteiger partial charge in [0.1, 0.15) is 5.82 Å². The Hall–Kier alpha value is -2.30. The third-order valence-corrected chi connectivity index (χ3v) is 4.67. The van der Waals surface area contributed by atoms with Crippen LogP contribution >= 0.6 is 0 Å². The van der Waals surface area contributed by atoms with Crippen molar-refractivity contribution < 1.29 is 9.18 Å². The molecule has 2 heterocycles. The van der Waals surface area contributed by atoms with Crippen molar-refractivity contribution in [3.05, 3.63) is 58.9 Å². The first-order chi connectivity index (χ1) is 11.4. The Bertz CT molecular complexity index is 739. The van der Waals surface area contributed by atoms with E-state index < -0.39 is 5.54 Å². The Balaban J connectivity index is 1.86. The summed E-state index contributed by atoms with van der Waals surface area (Å²) < 4.78 is 13.0. The third kappa shape index (κ3) is 3.16. The first-order valence-corrected chi connectivity index (χ1v) is 8.26. The van der Waals surface area contributed by atoms with E-state index in [1.54, 1.807) is 12.1 Å². The SMILES string of the molecule is Cc1cc(C)nc([C@]2(C)CCCN2C(=O)Cc2ccc(F)cc2)n1. The van der Waals surface area contributed by atoms with Crippen LogP contribution in [-0.2, 0) is 16.8 Å². The summed E-state index contributed by atoms with van der Waals surface area (Å²) in [6, 6.07) is 8.03. The zero-order valence-corrected chi connectivity index (χ0v) is 14.3. The van der Waals surface area contributed by atoms with Crippen LogP contribution in [0.4, 0.5) is 4.39 Å². The highest BCUT2D eigenvalue weighted by Gasteiger charge is 2.43. The maximum atomic E-state index is 13.0. The molecule has 1 aliphatic rings. The van der Waals surface area contributed by atoms with Gasteiger partial charge in [-0.15, -0.1) is 0 Å². The molecule has 5 heteroatoms. The second-order valence-electron chi connectivity index (χ2n) is 6.70. The van der Waals surface area contributed by atoms with Crippen molar-refractivity contribution in [2.75, 3.05) is 6.54 Å². The number of likely N-dealkylation sites (tertiary alicyclic amines) is 1. The lowest BCUT2D eigenvalue weighted by atomic mass is 9.96. The molecule has 0 bridgehead atoms. The van der Waals surface area contributed by atoms with Crippen LogP contribution in [0.2, 0.25) is 0 Å². The predicted molar refractivity (Wildman–Crippen MR) is 89.9 cm³/mol. The van der Waals surface area contributed by atoms with Crippen molar-refractivity contribution in [2.45, 2.75) is 45.6 Å². The topological polar surface area (TPSA) is 46.1 Å². The molecule has 0 aliphatic carbocycles. The van der Waals surface area contributed by atoms with E-state index in [4.69, 9.17) is 0 Å². The second-order valence-corrected chi connectivity index (χ2v) is 6.70. The third-order valence-electron chi connectivity index (χ3n) is 4.67. The zero-order chi connectivity index (χ0) is 17.3. The fraction of sp³-hybridized carbons (Fsp3) is 0.421. The maximum absolute atomic E-state index is 13.0. The van der Waals surface area contributed by atoms with Gasteiger partial charge in [-0.2, -0.15) is 0 Å². The molecule has 1 fully saturated rings. The molecule has 2 aromatic rings. The average Bonchev–Trinajstić information content (AvgIpc) is 2.92. The second kappa shape index (κ2) is 6.30. The smallest absolute Gasteiger partial charge is 0.227 e. The molecule has 0 unspecified atom stereocenters. The Labute approximate surface area is 141 Å². The van der Waals surface area contributed by atoms with Crippen LogP contribution in [-0.4, -0.2) is 27.3 Å². The van der Waals surface area contributed by atoms with Crippen LogP contribution in [0, 0.1) is 19.7 Å². The molecule has 0 N–H and O–H groups in total. The number of hydrogen-bond acceptors (Lipinski definition) is 3. The Morgan fingerprint density at radius 2 is 1.83 bits per heavy atom. The first kappa shape index (κ1) is 16.6. The largest absolute Gasteiger partial charge is 0.330 e. The first-order valence-electron chi connectivity index (χ1n) is 8.26. The maximum Gasteiger partial charge on any atom is 0.227 e. The van der Waals surface area contributed by atoms with Crippen LogP contribution in [0.3, 0.4) is 0 Å². The van der Waals surface area contributed by atoms with Crippen LogP contribution in [0.25, 0.3) is 0 Å². The van der Waals surface area contributed by atoms with E-state index in [9.17, 15) is 9.18 Å². The highest BCUT2D eigenvalue weighted by atomic mass is 19.1. The summed E-state index contributed by atoms with van der Waals surface area (Å²) in [6.07, 6.45) is 2.05. The van der Waals surface area contributed by atoms with Gasteiger partial charge in [-0.25, -0.2) is 14.4 Å². The number of amides is 1. The molecule has 1 aromatic heterocycles. The quantitative estimate of drug-likeness (QED) is 0.869. The number of carbonyl (C=O) groups excluding carboxylic acids is 1. The number of carbonyl (C=O) groups is 1. The van der Waals surface area contributed by atoms with Crippen molar-refractivity contribution in [3.8, 4) is 0 Å². The standard InChI is InChI=1S/C19H22FN3O/c1-13-11-14(2)22-18(21-13)19(3)9-4-10-23(19)17(24)12-15-5-7-16(20)8-6-15/h5-8,11H,4,9-10,12H2,1-3H3/t19-/m0/s1. The van der Waals surface area contributed by atoms with Gasteiger partial charge in [0.2, 0.25) is 5.91 Å². The van der Waals surface area contributed by atoms with Gasteiger partial charge < -0.3 is 4.90 Å². The molecule has 126 valence electrons. The Morgan fingerprint density at radius 1 is 1.21 bits per heavy atom. The summed E-state index contributed by atoms with van der Waals surface area (Å²) in [5.41, 5.74) is 2.17. The summed E-state index contributed by atoms with van der Waals surface area (Å²) in [4.78, 5) is 23.9. The van der Waals surface area contributed by atoms with Gasteiger partial charge in [-0.05, 0) is 57.4 Å². The number of halogens is 1. The van der Waals surface area contributed by atoms with Gasteiger partial charge in [0.25, 0.3) is 0 Å². The van der Waals surface area contributed by atoms with Gasteiger partial charge in [0, 0.05) is 17.9 Å². The molecule has 1 atom stereocenters. The van der Waals surface area contributed by atoms with Crippen LogP contribution < -0.4 is 0 Å². The monoisotopic (exact) mass is 327 g/mol. The van der Waals surface area contributed by atoms with E-state index >= 15 is 0 Å². The molecule has 1 aromatic carbocycles. The van der Waals surface area contributed by atoms with E-state index in [1.807, 2.05) is 31.7 Å². The van der Waals surface area contributed by atoms with E-state index in [0.29, 0.717) is 12.4 Å². The number of hydrogen-bond donors (Lipinski definition) is 0. The number of rotatable bonds is 3. The number of benzene rings is 1. The predicted octanol–water partition coefficient (Wildman–Crippen LogP) is 3.31. The van der Waals surface area contributed by atoms with Gasteiger partial charge >= 0.3 is 0 Å². The Kier molecular flexibility index (Phi) is 4.35. The summed E-state index contributed by atoms with van der Waals surface area (Å²) in [6.45, 7) is 6.63. The molecule has 24 heavy (non-hydrogen) atoms. The molecule has 0 radical (unpaired) electrons. The summed E-state index contributed by atoms with van der Waals surface area (Å²) >= 11 is 0. The molecular formula is C19H22FN3O. The molecule has 1 aliphatic heterocycles. The fourth-order valence-corrected chi connectivity index (χ4v) is 3.43. The molecule has 0 spiro atoms. The molecule has 1 amide bonds. The van der Waals surface area contributed by atoms with Gasteiger partial charge in [-0.3, -0.25) is 4.79 Å². The highest BCUT2D eigenvalue weighted by Crippen LogP contribution is 2.37. The molecule has 3 rings (SSSR count). The average molecular weight is 327 g/mol. The fourth-order valence-electron chi connectivity index (χ4n) is 3.43.